The lowest BCUT2D eigenvalue weighted by Gasteiger charge is -2.05. The second-order valence-corrected chi connectivity index (χ2v) is 5.06. The molecule has 0 heterocycles. The van der Waals surface area contributed by atoms with E-state index in [1.54, 1.807) is 0 Å². The number of carbonyl (C=O) groups is 1. The van der Waals surface area contributed by atoms with E-state index < -0.39 is 0 Å². The minimum absolute atomic E-state index is 0.0763. The molecule has 0 aliphatic carbocycles. The Kier molecular flexibility index (Phi) is 15.0. The van der Waals surface area contributed by atoms with Crippen molar-refractivity contribution in [3.05, 3.63) is 0 Å². The topological polar surface area (TPSA) is 35.5 Å². The Labute approximate surface area is 119 Å². The van der Waals surface area contributed by atoms with Crippen LogP contribution in [0.3, 0.4) is 0 Å². The standard InChI is InChI=1S/C16H32O3/c1-3-5-7-8-9-10-11-12-16(17)19-15-14-18-13-6-4-2/h3-15H2,1-2H3. The van der Waals surface area contributed by atoms with E-state index in [1.165, 1.54) is 32.1 Å². The van der Waals surface area contributed by atoms with Gasteiger partial charge in [0.2, 0.25) is 0 Å². The van der Waals surface area contributed by atoms with Crippen LogP contribution in [0.15, 0.2) is 0 Å². The highest BCUT2D eigenvalue weighted by atomic mass is 16.6. The van der Waals surface area contributed by atoms with Crippen molar-refractivity contribution in [1.82, 2.24) is 0 Å². The highest BCUT2D eigenvalue weighted by Crippen LogP contribution is 2.08. The summed E-state index contributed by atoms with van der Waals surface area (Å²) in [6, 6.07) is 0. The summed E-state index contributed by atoms with van der Waals surface area (Å²) in [5.41, 5.74) is 0. The van der Waals surface area contributed by atoms with Crippen molar-refractivity contribution in [2.45, 2.75) is 78.1 Å². The molecule has 0 saturated heterocycles. The zero-order chi connectivity index (χ0) is 14.2. The molecule has 0 aromatic heterocycles. The third-order valence-corrected chi connectivity index (χ3v) is 3.12. The van der Waals surface area contributed by atoms with Crippen LogP contribution in [0.5, 0.6) is 0 Å². The van der Waals surface area contributed by atoms with Gasteiger partial charge in [-0.05, 0) is 12.8 Å². The van der Waals surface area contributed by atoms with Gasteiger partial charge in [-0.3, -0.25) is 4.79 Å². The summed E-state index contributed by atoms with van der Waals surface area (Å²) < 4.78 is 10.4. The largest absolute Gasteiger partial charge is 0.463 e. The van der Waals surface area contributed by atoms with Gasteiger partial charge in [-0.25, -0.2) is 0 Å². The van der Waals surface area contributed by atoms with Crippen molar-refractivity contribution < 1.29 is 14.3 Å². The lowest BCUT2D eigenvalue weighted by molar-refractivity contribution is -0.145. The van der Waals surface area contributed by atoms with E-state index in [4.69, 9.17) is 9.47 Å². The van der Waals surface area contributed by atoms with Gasteiger partial charge in [0.25, 0.3) is 0 Å². The molecule has 0 fully saturated rings. The Morgan fingerprint density at radius 3 is 2.05 bits per heavy atom. The summed E-state index contributed by atoms with van der Waals surface area (Å²) in [5, 5.41) is 0. The zero-order valence-corrected chi connectivity index (χ0v) is 12.9. The van der Waals surface area contributed by atoms with Gasteiger partial charge in [0, 0.05) is 13.0 Å². The van der Waals surface area contributed by atoms with Crippen LogP contribution in [0.4, 0.5) is 0 Å². The van der Waals surface area contributed by atoms with E-state index in [0.29, 0.717) is 19.6 Å². The number of unbranched alkanes of at least 4 members (excludes halogenated alkanes) is 7. The molecule has 0 aliphatic heterocycles. The summed E-state index contributed by atoms with van der Waals surface area (Å²) in [6.07, 6.45) is 11.4. The molecule has 0 saturated carbocycles. The van der Waals surface area contributed by atoms with Crippen LogP contribution >= 0.6 is 0 Å². The first-order chi connectivity index (χ1) is 9.31. The monoisotopic (exact) mass is 272 g/mol. The number of esters is 1. The van der Waals surface area contributed by atoms with Crippen LogP contribution in [-0.2, 0) is 14.3 Å². The van der Waals surface area contributed by atoms with Gasteiger partial charge in [0.15, 0.2) is 0 Å². The number of rotatable bonds is 14. The maximum Gasteiger partial charge on any atom is 0.305 e. The van der Waals surface area contributed by atoms with Gasteiger partial charge < -0.3 is 9.47 Å². The molecule has 0 N–H and O–H groups in total. The Morgan fingerprint density at radius 1 is 0.737 bits per heavy atom. The average molecular weight is 272 g/mol. The van der Waals surface area contributed by atoms with Gasteiger partial charge in [-0.2, -0.15) is 0 Å². The Morgan fingerprint density at radius 2 is 1.37 bits per heavy atom. The van der Waals surface area contributed by atoms with Crippen LogP contribution in [0.25, 0.3) is 0 Å². The SMILES string of the molecule is CCCCCCCCCC(=O)OCCOCCCC. The van der Waals surface area contributed by atoms with Gasteiger partial charge in [0.1, 0.15) is 6.61 Å². The summed E-state index contributed by atoms with van der Waals surface area (Å²) >= 11 is 0. The van der Waals surface area contributed by atoms with E-state index >= 15 is 0 Å². The molecular weight excluding hydrogens is 240 g/mol. The fraction of sp³-hybridized carbons (Fsp3) is 0.938. The first-order valence-electron chi connectivity index (χ1n) is 8.04. The van der Waals surface area contributed by atoms with Gasteiger partial charge >= 0.3 is 5.97 Å². The molecule has 114 valence electrons. The van der Waals surface area contributed by atoms with Crippen molar-refractivity contribution in [3.63, 3.8) is 0 Å². The second-order valence-electron chi connectivity index (χ2n) is 5.06. The molecule has 19 heavy (non-hydrogen) atoms. The molecule has 0 aromatic rings. The predicted molar refractivity (Wildman–Crippen MR) is 79.3 cm³/mol. The number of hydrogen-bond acceptors (Lipinski definition) is 3. The van der Waals surface area contributed by atoms with E-state index in [0.717, 1.165) is 32.3 Å². The van der Waals surface area contributed by atoms with Crippen molar-refractivity contribution >= 4 is 5.97 Å². The first kappa shape index (κ1) is 18.4. The highest BCUT2D eigenvalue weighted by Gasteiger charge is 2.02. The van der Waals surface area contributed by atoms with E-state index in [1.807, 2.05) is 0 Å². The third kappa shape index (κ3) is 15.4. The van der Waals surface area contributed by atoms with Crippen molar-refractivity contribution in [3.8, 4) is 0 Å². The molecule has 3 nitrogen and oxygen atoms in total. The maximum absolute atomic E-state index is 11.4. The van der Waals surface area contributed by atoms with Gasteiger partial charge in [-0.1, -0.05) is 58.8 Å². The lowest BCUT2D eigenvalue weighted by atomic mass is 10.1. The maximum atomic E-state index is 11.4. The quantitative estimate of drug-likeness (QED) is 0.345. The Balaban J connectivity index is 3.13. The molecular formula is C16H32O3. The van der Waals surface area contributed by atoms with Crippen LogP contribution in [0.2, 0.25) is 0 Å². The molecule has 0 amide bonds. The predicted octanol–water partition coefficient (Wildman–Crippen LogP) is 4.49. The van der Waals surface area contributed by atoms with Crippen molar-refractivity contribution in [2.24, 2.45) is 0 Å². The fourth-order valence-corrected chi connectivity index (χ4v) is 1.86. The van der Waals surface area contributed by atoms with Crippen LogP contribution in [-0.4, -0.2) is 25.8 Å². The summed E-state index contributed by atoms with van der Waals surface area (Å²) in [4.78, 5) is 11.4. The van der Waals surface area contributed by atoms with Crippen LogP contribution < -0.4 is 0 Å². The molecule has 0 unspecified atom stereocenters. The van der Waals surface area contributed by atoms with Crippen LogP contribution in [0, 0.1) is 0 Å². The molecule has 0 spiro atoms. The van der Waals surface area contributed by atoms with E-state index in [-0.39, 0.29) is 5.97 Å². The zero-order valence-electron chi connectivity index (χ0n) is 12.9. The molecule has 0 atom stereocenters. The Hall–Kier alpha value is -0.570. The normalized spacial score (nSPS) is 10.6. The molecule has 0 aromatic carbocycles. The lowest BCUT2D eigenvalue weighted by Crippen LogP contribution is -2.10. The van der Waals surface area contributed by atoms with Crippen molar-refractivity contribution in [2.75, 3.05) is 19.8 Å². The average Bonchev–Trinajstić information content (AvgIpc) is 2.41. The van der Waals surface area contributed by atoms with Crippen molar-refractivity contribution in [1.29, 1.82) is 0 Å². The summed E-state index contributed by atoms with van der Waals surface area (Å²) in [5.74, 6) is -0.0763. The molecule has 3 heteroatoms. The molecule has 0 rings (SSSR count). The fourth-order valence-electron chi connectivity index (χ4n) is 1.86. The number of carbonyl (C=O) groups excluding carboxylic acids is 1. The molecule has 0 aliphatic rings. The minimum Gasteiger partial charge on any atom is -0.463 e. The number of ether oxygens (including phenoxy) is 2. The number of hydrogen-bond donors (Lipinski definition) is 0. The molecule has 0 radical (unpaired) electrons. The summed E-state index contributed by atoms with van der Waals surface area (Å²) in [6.45, 7) is 6.06. The van der Waals surface area contributed by atoms with Gasteiger partial charge in [-0.15, -0.1) is 0 Å². The molecule has 0 bridgehead atoms. The van der Waals surface area contributed by atoms with Crippen LogP contribution in [0.1, 0.15) is 78.1 Å². The van der Waals surface area contributed by atoms with E-state index in [9.17, 15) is 4.79 Å². The summed E-state index contributed by atoms with van der Waals surface area (Å²) in [7, 11) is 0. The highest BCUT2D eigenvalue weighted by molar-refractivity contribution is 5.69. The van der Waals surface area contributed by atoms with Gasteiger partial charge in [0.05, 0.1) is 6.61 Å². The van der Waals surface area contributed by atoms with E-state index in [2.05, 4.69) is 13.8 Å². The Bertz CT molecular complexity index is 192. The smallest absolute Gasteiger partial charge is 0.305 e. The third-order valence-electron chi connectivity index (χ3n) is 3.12. The minimum atomic E-state index is -0.0763. The first-order valence-corrected chi connectivity index (χ1v) is 8.04. The second kappa shape index (κ2) is 15.5.